The summed E-state index contributed by atoms with van der Waals surface area (Å²) in [7, 11) is 0. The molecule has 108 valence electrons. The van der Waals surface area contributed by atoms with Crippen molar-refractivity contribution in [3.05, 3.63) is 63.4 Å². The van der Waals surface area contributed by atoms with Gasteiger partial charge >= 0.3 is 5.97 Å². The highest BCUT2D eigenvalue weighted by molar-refractivity contribution is 9.10. The smallest absolute Gasteiger partial charge is 0.336 e. The number of benzene rings is 1. The average Bonchev–Trinajstić information content (AvgIpc) is 2.49. The topological polar surface area (TPSA) is 53.4 Å². The third-order valence-electron chi connectivity index (χ3n) is 3.83. The summed E-state index contributed by atoms with van der Waals surface area (Å²) in [6.07, 6.45) is 4.45. The minimum atomic E-state index is -0.848. The molecule has 21 heavy (non-hydrogen) atoms. The number of rotatable bonds is 3. The van der Waals surface area contributed by atoms with E-state index in [4.69, 9.17) is 0 Å². The van der Waals surface area contributed by atoms with E-state index in [9.17, 15) is 9.90 Å². The van der Waals surface area contributed by atoms with E-state index in [2.05, 4.69) is 25.8 Å². The summed E-state index contributed by atoms with van der Waals surface area (Å²) in [5.41, 5.74) is 3.69. The lowest BCUT2D eigenvalue weighted by atomic mass is 9.94. The Morgan fingerprint density at radius 1 is 1.38 bits per heavy atom. The highest BCUT2D eigenvalue weighted by Gasteiger charge is 2.21. The summed E-state index contributed by atoms with van der Waals surface area (Å²) in [5, 5.41) is 9.33. The van der Waals surface area contributed by atoms with Crippen LogP contribution in [0.5, 0.6) is 0 Å². The predicted molar refractivity (Wildman–Crippen MR) is 83.2 cm³/mol. The molecule has 2 aromatic rings. The van der Waals surface area contributed by atoms with Gasteiger partial charge in [-0.1, -0.05) is 12.1 Å². The monoisotopic (exact) mass is 346 g/mol. The molecular weight excluding hydrogens is 332 g/mol. The van der Waals surface area contributed by atoms with E-state index in [1.165, 1.54) is 5.56 Å². The lowest BCUT2D eigenvalue weighted by Gasteiger charge is -2.29. The molecule has 2 heterocycles. The van der Waals surface area contributed by atoms with Gasteiger partial charge in [0, 0.05) is 36.5 Å². The number of aromatic carboxylic acids is 1. The molecule has 1 N–H and O–H groups in total. The first-order chi connectivity index (χ1) is 10.1. The van der Waals surface area contributed by atoms with Gasteiger partial charge in [0.15, 0.2) is 0 Å². The third kappa shape index (κ3) is 2.99. The highest BCUT2D eigenvalue weighted by Crippen LogP contribution is 2.25. The molecule has 0 aliphatic carbocycles. The van der Waals surface area contributed by atoms with E-state index in [1.54, 1.807) is 18.5 Å². The van der Waals surface area contributed by atoms with Crippen molar-refractivity contribution in [3.8, 4) is 0 Å². The first kappa shape index (κ1) is 14.2. The lowest BCUT2D eigenvalue weighted by molar-refractivity contribution is 0.0693. The summed E-state index contributed by atoms with van der Waals surface area (Å²) in [5.74, 6) is -0.848. The minimum absolute atomic E-state index is 0.422. The van der Waals surface area contributed by atoms with Crippen LogP contribution >= 0.6 is 15.9 Å². The molecule has 1 aromatic heterocycles. The van der Waals surface area contributed by atoms with E-state index in [1.807, 2.05) is 18.2 Å². The highest BCUT2D eigenvalue weighted by atomic mass is 79.9. The zero-order chi connectivity index (χ0) is 14.8. The van der Waals surface area contributed by atoms with Gasteiger partial charge in [0.05, 0.1) is 5.56 Å². The molecule has 1 aliphatic rings. The average molecular weight is 347 g/mol. The van der Waals surface area contributed by atoms with E-state index < -0.39 is 5.97 Å². The number of fused-ring (bicyclic) bond motifs is 1. The second-order valence-electron chi connectivity index (χ2n) is 5.18. The molecule has 1 aromatic carbocycles. The van der Waals surface area contributed by atoms with Crippen LogP contribution in [0.4, 0.5) is 0 Å². The Bertz CT molecular complexity index is 688. The number of halogens is 1. The molecule has 0 spiro atoms. The summed E-state index contributed by atoms with van der Waals surface area (Å²) in [4.78, 5) is 17.7. The summed E-state index contributed by atoms with van der Waals surface area (Å²) in [6.45, 7) is 2.40. The Kier molecular flexibility index (Phi) is 4.03. The zero-order valence-electron chi connectivity index (χ0n) is 11.4. The number of hydrogen-bond acceptors (Lipinski definition) is 3. The maximum absolute atomic E-state index is 11.4. The molecule has 0 amide bonds. The van der Waals surface area contributed by atoms with Crippen molar-refractivity contribution in [2.75, 3.05) is 6.54 Å². The third-order valence-corrected chi connectivity index (χ3v) is 4.55. The molecule has 0 radical (unpaired) electrons. The quantitative estimate of drug-likeness (QED) is 0.927. The minimum Gasteiger partial charge on any atom is -0.478 e. The van der Waals surface area contributed by atoms with Crippen LogP contribution in [0, 0.1) is 0 Å². The predicted octanol–water partition coefficient (Wildman–Crippen LogP) is 3.10. The molecule has 0 unspecified atom stereocenters. The number of carboxylic acid groups (broad SMARTS) is 1. The second kappa shape index (κ2) is 5.95. The molecule has 0 bridgehead atoms. The first-order valence-corrected chi connectivity index (χ1v) is 7.59. The van der Waals surface area contributed by atoms with E-state index in [-0.39, 0.29) is 0 Å². The van der Waals surface area contributed by atoms with Gasteiger partial charge in [-0.05, 0) is 51.2 Å². The van der Waals surface area contributed by atoms with Gasteiger partial charge in [-0.25, -0.2) is 4.79 Å². The number of hydrogen-bond donors (Lipinski definition) is 1. The number of carbonyl (C=O) groups is 1. The van der Waals surface area contributed by atoms with Crippen LogP contribution in [-0.4, -0.2) is 27.5 Å². The fourth-order valence-corrected chi connectivity index (χ4v) is 3.12. The maximum atomic E-state index is 11.4. The molecule has 4 nitrogen and oxygen atoms in total. The van der Waals surface area contributed by atoms with Gasteiger partial charge in [-0.3, -0.25) is 9.88 Å². The molecule has 0 saturated heterocycles. The maximum Gasteiger partial charge on any atom is 0.336 e. The van der Waals surface area contributed by atoms with Crippen molar-refractivity contribution in [1.29, 1.82) is 0 Å². The van der Waals surface area contributed by atoms with Crippen molar-refractivity contribution in [3.63, 3.8) is 0 Å². The molecular formula is C16H15BrN2O2. The molecule has 5 heteroatoms. The van der Waals surface area contributed by atoms with Gasteiger partial charge in [-0.2, -0.15) is 0 Å². The van der Waals surface area contributed by atoms with Crippen LogP contribution in [0.2, 0.25) is 0 Å². The lowest BCUT2D eigenvalue weighted by Crippen LogP contribution is -2.31. The van der Waals surface area contributed by atoms with Crippen molar-refractivity contribution in [1.82, 2.24) is 9.88 Å². The number of carboxylic acids is 1. The Balaban J connectivity index is 1.84. The zero-order valence-corrected chi connectivity index (χ0v) is 13.0. The van der Waals surface area contributed by atoms with Crippen LogP contribution in [0.3, 0.4) is 0 Å². The van der Waals surface area contributed by atoms with Crippen LogP contribution < -0.4 is 0 Å². The Morgan fingerprint density at radius 3 is 3.00 bits per heavy atom. The molecule has 3 rings (SSSR count). The fourth-order valence-electron chi connectivity index (χ4n) is 2.75. The van der Waals surface area contributed by atoms with Gasteiger partial charge < -0.3 is 5.11 Å². The van der Waals surface area contributed by atoms with Crippen molar-refractivity contribution >= 4 is 21.9 Å². The number of pyridine rings is 1. The Labute approximate surface area is 131 Å². The van der Waals surface area contributed by atoms with Gasteiger partial charge in [0.25, 0.3) is 0 Å². The van der Waals surface area contributed by atoms with E-state index in [0.29, 0.717) is 12.1 Å². The largest absolute Gasteiger partial charge is 0.478 e. The molecule has 0 fully saturated rings. The van der Waals surface area contributed by atoms with Crippen LogP contribution in [0.15, 0.2) is 41.1 Å². The first-order valence-electron chi connectivity index (χ1n) is 6.80. The van der Waals surface area contributed by atoms with Gasteiger partial charge in [0.1, 0.15) is 0 Å². The summed E-state index contributed by atoms with van der Waals surface area (Å²) < 4.78 is 0.988. The number of nitrogens with zero attached hydrogens (tertiary/aromatic N) is 2. The fraction of sp³-hybridized carbons (Fsp3) is 0.250. The molecule has 0 saturated carbocycles. The Hall–Kier alpha value is -1.72. The van der Waals surface area contributed by atoms with Gasteiger partial charge in [-0.15, -0.1) is 0 Å². The van der Waals surface area contributed by atoms with Crippen LogP contribution in [0.1, 0.15) is 27.0 Å². The summed E-state index contributed by atoms with van der Waals surface area (Å²) >= 11 is 3.51. The standard InChI is InChI=1S/C16H15BrN2O2/c17-15-8-18-6-4-12(15)9-19-7-5-11-2-1-3-13(16(20)21)14(11)10-19/h1-4,6,8H,5,7,9-10H2,(H,20,21). The SMILES string of the molecule is O=C(O)c1cccc2c1CN(Cc1ccncc1Br)CC2. The van der Waals surface area contributed by atoms with E-state index in [0.717, 1.165) is 35.1 Å². The van der Waals surface area contributed by atoms with Crippen LogP contribution in [0.25, 0.3) is 0 Å². The number of aromatic nitrogens is 1. The summed E-state index contributed by atoms with van der Waals surface area (Å²) in [6, 6.07) is 7.54. The molecule has 1 aliphatic heterocycles. The van der Waals surface area contributed by atoms with Crippen molar-refractivity contribution in [2.45, 2.75) is 19.5 Å². The Morgan fingerprint density at radius 2 is 2.24 bits per heavy atom. The van der Waals surface area contributed by atoms with Crippen LogP contribution in [-0.2, 0) is 19.5 Å². The second-order valence-corrected chi connectivity index (χ2v) is 6.03. The van der Waals surface area contributed by atoms with E-state index >= 15 is 0 Å². The van der Waals surface area contributed by atoms with Crippen molar-refractivity contribution < 1.29 is 9.90 Å². The molecule has 0 atom stereocenters. The van der Waals surface area contributed by atoms with Gasteiger partial charge in [0.2, 0.25) is 0 Å². The van der Waals surface area contributed by atoms with Crippen molar-refractivity contribution in [2.24, 2.45) is 0 Å². The normalized spacial score (nSPS) is 14.7.